The molecule has 0 spiro atoms. The minimum atomic E-state index is 0.394. The topological polar surface area (TPSA) is 62.3 Å². The van der Waals surface area contributed by atoms with Crippen LogP contribution in [0.2, 0.25) is 0 Å². The number of benzene rings is 1. The first kappa shape index (κ1) is 13.4. The fraction of sp³-hybridized carbons (Fsp3) is 0.357. The van der Waals surface area contributed by atoms with Crippen molar-refractivity contribution < 1.29 is 9.47 Å². The van der Waals surface area contributed by atoms with E-state index in [-0.39, 0.29) is 0 Å². The molecule has 0 aliphatic rings. The number of aromatic nitrogens is 2. The summed E-state index contributed by atoms with van der Waals surface area (Å²) in [6, 6.07) is 3.85. The zero-order valence-corrected chi connectivity index (χ0v) is 11.7. The van der Waals surface area contributed by atoms with Crippen molar-refractivity contribution in [3.63, 3.8) is 0 Å². The highest BCUT2D eigenvalue weighted by Crippen LogP contribution is 2.37. The van der Waals surface area contributed by atoms with E-state index in [9.17, 15) is 0 Å². The maximum Gasteiger partial charge on any atom is 0.130 e. The summed E-state index contributed by atoms with van der Waals surface area (Å²) in [6.07, 6.45) is 1.96. The van der Waals surface area contributed by atoms with Gasteiger partial charge in [0.1, 0.15) is 11.5 Å². The van der Waals surface area contributed by atoms with Gasteiger partial charge < -0.3 is 15.2 Å². The fourth-order valence-electron chi connectivity index (χ4n) is 2.24. The van der Waals surface area contributed by atoms with Crippen LogP contribution in [-0.2, 0) is 13.6 Å². The lowest BCUT2D eigenvalue weighted by Crippen LogP contribution is -2.01. The highest BCUT2D eigenvalue weighted by atomic mass is 16.5. The summed E-state index contributed by atoms with van der Waals surface area (Å²) in [7, 11) is 5.17. The third-order valence-corrected chi connectivity index (χ3v) is 3.10. The van der Waals surface area contributed by atoms with Crippen LogP contribution in [0.3, 0.4) is 0 Å². The summed E-state index contributed by atoms with van der Waals surface area (Å²) in [5, 5.41) is 4.37. The summed E-state index contributed by atoms with van der Waals surface area (Å²) in [6.45, 7) is 2.42. The van der Waals surface area contributed by atoms with E-state index in [2.05, 4.69) is 5.10 Å². The first-order valence-corrected chi connectivity index (χ1v) is 6.06. The Morgan fingerprint density at radius 3 is 2.58 bits per heavy atom. The predicted octanol–water partition coefficient (Wildman–Crippen LogP) is 1.87. The smallest absolute Gasteiger partial charge is 0.130 e. The van der Waals surface area contributed by atoms with Gasteiger partial charge in [0.05, 0.1) is 19.9 Å². The van der Waals surface area contributed by atoms with Crippen molar-refractivity contribution in [1.82, 2.24) is 9.78 Å². The van der Waals surface area contributed by atoms with Gasteiger partial charge in [0.25, 0.3) is 0 Å². The molecule has 19 heavy (non-hydrogen) atoms. The third-order valence-electron chi connectivity index (χ3n) is 3.10. The monoisotopic (exact) mass is 261 g/mol. The van der Waals surface area contributed by atoms with Crippen LogP contribution in [-0.4, -0.2) is 24.0 Å². The van der Waals surface area contributed by atoms with Gasteiger partial charge in [-0.25, -0.2) is 0 Å². The Morgan fingerprint density at radius 1 is 1.26 bits per heavy atom. The SMILES string of the molecule is COc1cc(C)c(-c2cn(C)nc2CN)c(OC)c1. The largest absolute Gasteiger partial charge is 0.497 e. The molecular formula is C14H19N3O2. The Morgan fingerprint density at radius 2 is 2.00 bits per heavy atom. The maximum absolute atomic E-state index is 5.76. The highest BCUT2D eigenvalue weighted by Gasteiger charge is 2.17. The minimum absolute atomic E-state index is 0.394. The zero-order valence-electron chi connectivity index (χ0n) is 11.7. The third kappa shape index (κ3) is 2.42. The van der Waals surface area contributed by atoms with Crippen LogP contribution in [0, 0.1) is 6.92 Å². The van der Waals surface area contributed by atoms with Crippen molar-refractivity contribution >= 4 is 0 Å². The molecule has 0 bridgehead atoms. The second-order valence-corrected chi connectivity index (χ2v) is 4.39. The Labute approximate surface area is 112 Å². The molecule has 1 heterocycles. The van der Waals surface area contributed by atoms with Gasteiger partial charge in [0, 0.05) is 37.0 Å². The predicted molar refractivity (Wildman–Crippen MR) is 74.4 cm³/mol. The van der Waals surface area contributed by atoms with E-state index in [0.717, 1.165) is 33.9 Å². The molecule has 5 nitrogen and oxygen atoms in total. The molecule has 0 amide bonds. The molecule has 1 aromatic heterocycles. The van der Waals surface area contributed by atoms with Crippen molar-refractivity contribution in [2.75, 3.05) is 14.2 Å². The normalized spacial score (nSPS) is 10.6. The van der Waals surface area contributed by atoms with Crippen LogP contribution < -0.4 is 15.2 Å². The molecule has 102 valence electrons. The van der Waals surface area contributed by atoms with Crippen LogP contribution in [0.1, 0.15) is 11.3 Å². The first-order chi connectivity index (χ1) is 9.10. The molecule has 0 atom stereocenters. The number of hydrogen-bond acceptors (Lipinski definition) is 4. The summed E-state index contributed by atoms with van der Waals surface area (Å²) >= 11 is 0. The molecule has 1 aromatic carbocycles. The number of rotatable bonds is 4. The number of nitrogens with zero attached hydrogens (tertiary/aromatic N) is 2. The van der Waals surface area contributed by atoms with Crippen molar-refractivity contribution in [2.24, 2.45) is 12.8 Å². The first-order valence-electron chi connectivity index (χ1n) is 6.06. The van der Waals surface area contributed by atoms with Crippen molar-refractivity contribution in [2.45, 2.75) is 13.5 Å². The number of ether oxygens (including phenoxy) is 2. The molecule has 5 heteroatoms. The Balaban J connectivity index is 2.66. The lowest BCUT2D eigenvalue weighted by atomic mass is 9.99. The maximum atomic E-state index is 5.76. The van der Waals surface area contributed by atoms with Gasteiger partial charge in [-0.15, -0.1) is 0 Å². The van der Waals surface area contributed by atoms with Crippen LogP contribution in [0.25, 0.3) is 11.1 Å². The molecule has 0 aliphatic heterocycles. The van der Waals surface area contributed by atoms with Gasteiger partial charge >= 0.3 is 0 Å². The van der Waals surface area contributed by atoms with Crippen molar-refractivity contribution in [3.8, 4) is 22.6 Å². The number of aryl methyl sites for hydroxylation is 2. The molecule has 0 unspecified atom stereocenters. The Bertz CT molecular complexity index is 591. The van der Waals surface area contributed by atoms with Gasteiger partial charge in [0.15, 0.2) is 0 Å². The van der Waals surface area contributed by atoms with E-state index in [0.29, 0.717) is 6.54 Å². The number of nitrogens with two attached hydrogens (primary N) is 1. The number of hydrogen-bond donors (Lipinski definition) is 1. The fourth-order valence-corrected chi connectivity index (χ4v) is 2.24. The van der Waals surface area contributed by atoms with Gasteiger partial charge in [0.2, 0.25) is 0 Å². The van der Waals surface area contributed by atoms with Crippen molar-refractivity contribution in [3.05, 3.63) is 29.6 Å². The Hall–Kier alpha value is -2.01. The molecule has 0 saturated carbocycles. The van der Waals surface area contributed by atoms with Crippen molar-refractivity contribution in [1.29, 1.82) is 0 Å². The van der Waals surface area contributed by atoms with E-state index >= 15 is 0 Å². The summed E-state index contributed by atoms with van der Waals surface area (Å²) < 4.78 is 12.5. The average molecular weight is 261 g/mol. The lowest BCUT2D eigenvalue weighted by molar-refractivity contribution is 0.395. The van der Waals surface area contributed by atoms with Gasteiger partial charge in [-0.2, -0.15) is 5.10 Å². The molecule has 0 saturated heterocycles. The molecule has 2 rings (SSSR count). The molecule has 0 aliphatic carbocycles. The Kier molecular flexibility index (Phi) is 3.76. The van der Waals surface area contributed by atoms with Crippen LogP contribution in [0.15, 0.2) is 18.3 Å². The quantitative estimate of drug-likeness (QED) is 0.912. The van der Waals surface area contributed by atoms with Gasteiger partial charge in [-0.05, 0) is 18.6 Å². The summed E-state index contributed by atoms with van der Waals surface area (Å²) in [4.78, 5) is 0. The second-order valence-electron chi connectivity index (χ2n) is 4.39. The van der Waals surface area contributed by atoms with E-state index < -0.39 is 0 Å². The molecule has 2 aromatic rings. The summed E-state index contributed by atoms with van der Waals surface area (Å²) in [5.74, 6) is 1.54. The molecule has 2 N–H and O–H groups in total. The molecule has 0 fully saturated rings. The lowest BCUT2D eigenvalue weighted by Gasteiger charge is -2.13. The van der Waals surface area contributed by atoms with E-state index in [1.165, 1.54) is 0 Å². The van der Waals surface area contributed by atoms with E-state index in [1.54, 1.807) is 18.9 Å². The zero-order chi connectivity index (χ0) is 14.0. The molecular weight excluding hydrogens is 242 g/mol. The van der Waals surface area contributed by atoms with Crippen LogP contribution in [0.5, 0.6) is 11.5 Å². The van der Waals surface area contributed by atoms with Crippen LogP contribution in [0.4, 0.5) is 0 Å². The number of methoxy groups -OCH3 is 2. The highest BCUT2D eigenvalue weighted by molar-refractivity contribution is 5.76. The minimum Gasteiger partial charge on any atom is -0.497 e. The standard InChI is InChI=1S/C14H19N3O2/c1-9-5-10(18-3)6-13(19-4)14(9)11-8-17(2)16-12(11)7-15/h5-6,8H,7,15H2,1-4H3. The molecule has 0 radical (unpaired) electrons. The second kappa shape index (κ2) is 5.32. The van der Waals surface area contributed by atoms with E-state index in [4.69, 9.17) is 15.2 Å². The van der Waals surface area contributed by atoms with Gasteiger partial charge in [-0.3, -0.25) is 4.68 Å². The van der Waals surface area contributed by atoms with E-state index in [1.807, 2.05) is 32.3 Å². The average Bonchev–Trinajstić information content (AvgIpc) is 2.78. The summed E-state index contributed by atoms with van der Waals surface area (Å²) in [5.41, 5.74) is 9.69. The van der Waals surface area contributed by atoms with Gasteiger partial charge in [-0.1, -0.05) is 0 Å². The van der Waals surface area contributed by atoms with Crippen LogP contribution >= 0.6 is 0 Å².